The van der Waals surface area contributed by atoms with Crippen molar-refractivity contribution < 1.29 is 4.74 Å². The Morgan fingerprint density at radius 1 is 1.44 bits per heavy atom. The maximum Gasteiger partial charge on any atom is 0.106 e. The predicted octanol–water partition coefficient (Wildman–Crippen LogP) is -0.739. The highest BCUT2D eigenvalue weighted by Gasteiger charge is 2.23. The molecule has 0 saturated carbocycles. The minimum absolute atomic E-state index is 0.363. The predicted molar refractivity (Wildman–Crippen MR) is 42.6 cm³/mol. The van der Waals surface area contributed by atoms with Gasteiger partial charge in [0.1, 0.15) is 7.85 Å². The van der Waals surface area contributed by atoms with Crippen molar-refractivity contribution in [2.45, 2.75) is 24.4 Å². The van der Waals surface area contributed by atoms with Crippen molar-refractivity contribution in [3.8, 4) is 0 Å². The van der Waals surface area contributed by atoms with Crippen molar-refractivity contribution in [2.24, 2.45) is 0 Å². The number of hydrogen-bond acceptors (Lipinski definition) is 1. The molecule has 1 atom stereocenters. The van der Waals surface area contributed by atoms with E-state index in [1.807, 2.05) is 0 Å². The van der Waals surface area contributed by atoms with E-state index in [4.69, 9.17) is 20.0 Å². The monoisotopic (exact) mass is 136 g/mol. The molecule has 1 unspecified atom stereocenters. The van der Waals surface area contributed by atoms with E-state index in [0.29, 0.717) is 0 Å². The first-order chi connectivity index (χ1) is 4.27. The van der Waals surface area contributed by atoms with Gasteiger partial charge in [0.25, 0.3) is 0 Å². The van der Waals surface area contributed by atoms with E-state index < -0.39 is 9.39 Å². The lowest BCUT2D eigenvalue weighted by atomic mass is 9.91. The van der Waals surface area contributed by atoms with Crippen LogP contribution in [0.2, 0.25) is 0 Å². The molecule has 0 spiro atoms. The Labute approximate surface area is 61.1 Å². The number of ether oxygens (including phenoxy) is 1. The first-order valence-electron chi connectivity index (χ1n) is 3.40. The van der Waals surface area contributed by atoms with E-state index in [1.165, 1.54) is 6.42 Å². The van der Waals surface area contributed by atoms with Gasteiger partial charge in [0.15, 0.2) is 0 Å². The fourth-order valence-electron chi connectivity index (χ4n) is 1.03. The van der Waals surface area contributed by atoms with Gasteiger partial charge in [-0.15, -0.1) is 0 Å². The van der Waals surface area contributed by atoms with Crippen molar-refractivity contribution in [3.05, 3.63) is 0 Å². The third-order valence-electron chi connectivity index (χ3n) is 1.73. The van der Waals surface area contributed by atoms with Gasteiger partial charge in [-0.05, 0) is 19.3 Å². The van der Waals surface area contributed by atoms with Crippen molar-refractivity contribution in [2.75, 3.05) is 6.61 Å². The van der Waals surface area contributed by atoms with Crippen LogP contribution >= 0.6 is 0 Å². The molecule has 0 amide bonds. The molecule has 46 valence electrons. The second-order valence-corrected chi connectivity index (χ2v) is 4.18. The number of hydrogen-bond donors (Lipinski definition) is 0. The van der Waals surface area contributed by atoms with Crippen LogP contribution in [0.4, 0.5) is 0 Å². The normalized spacial score (nSPS) is 37.8. The molecule has 1 aliphatic heterocycles. The summed E-state index contributed by atoms with van der Waals surface area (Å²) in [6, 6.07) is 0. The van der Waals surface area contributed by atoms with Gasteiger partial charge in [-0.3, -0.25) is 0 Å². The van der Waals surface area contributed by atoms with Crippen molar-refractivity contribution >= 4 is 24.7 Å². The lowest BCUT2D eigenvalue weighted by molar-refractivity contribution is 0.0373. The molecule has 1 fully saturated rings. The van der Waals surface area contributed by atoms with Gasteiger partial charge in [0, 0.05) is 21.1 Å². The average molecular weight is 136 g/mol. The van der Waals surface area contributed by atoms with Crippen LogP contribution in [0.1, 0.15) is 19.3 Å². The van der Waals surface area contributed by atoms with E-state index >= 15 is 0 Å². The molecule has 0 N–H and O–H groups in total. The molecule has 0 aromatic rings. The zero-order chi connectivity index (χ0) is 6.74. The Hall–Kier alpha value is 0.307. The zero-order valence-electron chi connectivity index (χ0n) is 5.60. The van der Waals surface area contributed by atoms with Gasteiger partial charge < -0.3 is 4.74 Å². The largest absolute Gasteiger partial charge is 0.389 e. The van der Waals surface area contributed by atoms with Crippen LogP contribution in [0.3, 0.4) is 0 Å². The van der Waals surface area contributed by atoms with E-state index in [0.717, 1.165) is 19.4 Å². The minimum atomic E-state index is -0.673. The summed E-state index contributed by atoms with van der Waals surface area (Å²) in [5.41, 5.74) is 0. The van der Waals surface area contributed by atoms with Crippen LogP contribution < -0.4 is 0 Å². The maximum absolute atomic E-state index is 5.77. The smallest absolute Gasteiger partial charge is 0.106 e. The third-order valence-corrected chi connectivity index (χ3v) is 2.98. The third kappa shape index (κ3) is 1.87. The Kier molecular flexibility index (Phi) is 2.41. The zero-order valence-corrected chi connectivity index (χ0v) is 7.01. The first-order valence-corrected chi connectivity index (χ1v) is 4.92. The molecule has 1 rings (SSSR count). The van der Waals surface area contributed by atoms with E-state index in [-0.39, 0.29) is 5.12 Å². The van der Waals surface area contributed by atoms with E-state index in [1.54, 1.807) is 0 Å². The summed E-state index contributed by atoms with van der Waals surface area (Å²) < 4.78 is 5.33. The Bertz CT molecular complexity index is 93.0. The highest BCUT2D eigenvalue weighted by molar-refractivity contribution is 6.94. The highest BCUT2D eigenvalue weighted by Crippen LogP contribution is 2.19. The molecule has 1 saturated heterocycles. The van der Waals surface area contributed by atoms with Crippen LogP contribution in [0, 0.1) is 0 Å². The molecule has 1 aliphatic rings. The second kappa shape index (κ2) is 2.93. The van der Waals surface area contributed by atoms with E-state index in [2.05, 4.69) is 0 Å². The quantitative estimate of drug-likeness (QED) is 0.431. The lowest BCUT2D eigenvalue weighted by Crippen LogP contribution is -2.43. The standard InChI is InChI=1S/C5H10B2OSi/c6-5(9-7)3-1-2-4-8-5/h1-4,9H2. The minimum Gasteiger partial charge on any atom is -0.389 e. The molecule has 1 nitrogen and oxygen atoms in total. The molecular formula is C5H10B2OSi. The lowest BCUT2D eigenvalue weighted by Gasteiger charge is -2.33. The molecule has 0 aromatic carbocycles. The van der Waals surface area contributed by atoms with Gasteiger partial charge in [-0.25, -0.2) is 0 Å². The van der Waals surface area contributed by atoms with Crippen molar-refractivity contribution in [1.82, 2.24) is 0 Å². The molecule has 0 bridgehead atoms. The fourth-order valence-corrected chi connectivity index (χ4v) is 1.75. The molecule has 0 aromatic heterocycles. The first kappa shape index (κ1) is 7.41. The summed E-state index contributed by atoms with van der Waals surface area (Å²) in [5, 5.41) is -0.363. The summed E-state index contributed by atoms with van der Waals surface area (Å²) in [5.74, 6) is 0. The van der Waals surface area contributed by atoms with Crippen molar-refractivity contribution in [1.29, 1.82) is 0 Å². The summed E-state index contributed by atoms with van der Waals surface area (Å²) >= 11 is 0. The number of rotatable bonds is 1. The summed E-state index contributed by atoms with van der Waals surface area (Å²) in [6.07, 6.45) is 3.30. The summed E-state index contributed by atoms with van der Waals surface area (Å²) in [7, 11) is 10.6. The van der Waals surface area contributed by atoms with Crippen LogP contribution in [0.15, 0.2) is 0 Å². The SMILES string of the molecule is [B][SiH2]C1([B])CCCCO1. The molecule has 4 radical (unpaired) electrons. The molecular weight excluding hydrogens is 126 g/mol. The van der Waals surface area contributed by atoms with E-state index in [9.17, 15) is 0 Å². The van der Waals surface area contributed by atoms with Gasteiger partial charge in [-0.1, -0.05) is 0 Å². The molecule has 0 aliphatic carbocycles. The maximum atomic E-state index is 5.77. The van der Waals surface area contributed by atoms with Crippen LogP contribution in [0.25, 0.3) is 0 Å². The van der Waals surface area contributed by atoms with Gasteiger partial charge in [0.05, 0.1) is 7.44 Å². The van der Waals surface area contributed by atoms with Crippen molar-refractivity contribution in [3.63, 3.8) is 0 Å². The second-order valence-electron chi connectivity index (χ2n) is 2.57. The fraction of sp³-hybridized carbons (Fsp3) is 1.00. The molecule has 1 heterocycles. The Balaban J connectivity index is 2.37. The van der Waals surface area contributed by atoms with Gasteiger partial charge in [0.2, 0.25) is 0 Å². The van der Waals surface area contributed by atoms with Crippen LogP contribution in [0.5, 0.6) is 0 Å². The van der Waals surface area contributed by atoms with Crippen LogP contribution in [-0.2, 0) is 4.74 Å². The summed E-state index contributed by atoms with van der Waals surface area (Å²) in [6.45, 7) is 0.806. The molecule has 9 heavy (non-hydrogen) atoms. The summed E-state index contributed by atoms with van der Waals surface area (Å²) in [4.78, 5) is 0. The Morgan fingerprint density at radius 3 is 2.56 bits per heavy atom. The highest BCUT2D eigenvalue weighted by atomic mass is 28.2. The average Bonchev–Trinajstić information content (AvgIpc) is 1.90. The molecule has 4 heteroatoms. The van der Waals surface area contributed by atoms with Gasteiger partial charge >= 0.3 is 0 Å². The Morgan fingerprint density at radius 2 is 2.22 bits per heavy atom. The topological polar surface area (TPSA) is 9.23 Å². The van der Waals surface area contributed by atoms with Gasteiger partial charge in [-0.2, -0.15) is 0 Å². The van der Waals surface area contributed by atoms with Crippen LogP contribution in [-0.4, -0.2) is 36.4 Å².